The number of benzene rings is 1. The molecule has 1 heterocycles. The van der Waals surface area contributed by atoms with Crippen molar-refractivity contribution in [3.63, 3.8) is 0 Å². The van der Waals surface area contributed by atoms with Gasteiger partial charge in [-0.3, -0.25) is 4.68 Å². The molecule has 7 heteroatoms. The lowest BCUT2D eigenvalue weighted by Gasteiger charge is -2.11. The lowest BCUT2D eigenvalue weighted by molar-refractivity contribution is 0.262. The normalized spacial score (nSPS) is 11.0. The van der Waals surface area contributed by atoms with Gasteiger partial charge in [0.2, 0.25) is 0 Å². The van der Waals surface area contributed by atoms with Crippen LogP contribution in [-0.4, -0.2) is 9.78 Å². The van der Waals surface area contributed by atoms with E-state index in [-0.39, 0.29) is 12.5 Å². The van der Waals surface area contributed by atoms with Crippen molar-refractivity contribution in [1.29, 1.82) is 0 Å². The van der Waals surface area contributed by atoms with E-state index in [1.54, 1.807) is 4.68 Å². The Balaban J connectivity index is 2.25. The van der Waals surface area contributed by atoms with Gasteiger partial charge < -0.3 is 4.74 Å². The second-order valence-corrected chi connectivity index (χ2v) is 5.53. The second kappa shape index (κ2) is 6.75. The molecule has 21 heavy (non-hydrogen) atoms. The highest BCUT2D eigenvalue weighted by atomic mass is 79.9. The van der Waals surface area contributed by atoms with E-state index in [9.17, 15) is 8.78 Å². The van der Waals surface area contributed by atoms with Crippen LogP contribution < -0.4 is 4.74 Å². The SMILES string of the molecule is CCn1nc(C)c(Br)c1COc1c(F)cc(CCl)cc1F. The van der Waals surface area contributed by atoms with Crippen LogP contribution in [0.2, 0.25) is 0 Å². The molecule has 0 N–H and O–H groups in total. The number of aromatic nitrogens is 2. The predicted octanol–water partition coefficient (Wildman–Crippen LogP) is 4.57. The van der Waals surface area contributed by atoms with Crippen molar-refractivity contribution in [3.05, 3.63) is 45.2 Å². The molecule has 0 atom stereocenters. The second-order valence-electron chi connectivity index (χ2n) is 4.47. The van der Waals surface area contributed by atoms with Gasteiger partial charge in [-0.2, -0.15) is 5.10 Å². The van der Waals surface area contributed by atoms with Crippen LogP contribution in [0.5, 0.6) is 5.75 Å². The summed E-state index contributed by atoms with van der Waals surface area (Å²) in [5, 5.41) is 4.30. The number of aryl methyl sites for hydroxylation is 2. The number of rotatable bonds is 5. The smallest absolute Gasteiger partial charge is 0.191 e. The lowest BCUT2D eigenvalue weighted by Crippen LogP contribution is -2.08. The van der Waals surface area contributed by atoms with Crippen LogP contribution in [0.25, 0.3) is 0 Å². The third-order valence-electron chi connectivity index (χ3n) is 3.02. The van der Waals surface area contributed by atoms with Crippen LogP contribution in [0.15, 0.2) is 16.6 Å². The van der Waals surface area contributed by atoms with E-state index in [1.165, 1.54) is 12.1 Å². The monoisotopic (exact) mass is 378 g/mol. The third kappa shape index (κ3) is 3.37. The van der Waals surface area contributed by atoms with E-state index < -0.39 is 17.4 Å². The first-order valence-electron chi connectivity index (χ1n) is 6.36. The molecule has 1 aromatic carbocycles. The molecule has 0 aliphatic heterocycles. The fraction of sp³-hybridized carbons (Fsp3) is 0.357. The number of alkyl halides is 1. The minimum atomic E-state index is -0.763. The van der Waals surface area contributed by atoms with Crippen molar-refractivity contribution in [3.8, 4) is 5.75 Å². The maximum absolute atomic E-state index is 13.8. The van der Waals surface area contributed by atoms with Gasteiger partial charge in [0, 0.05) is 12.4 Å². The summed E-state index contributed by atoms with van der Waals surface area (Å²) in [6, 6.07) is 2.34. The summed E-state index contributed by atoms with van der Waals surface area (Å²) in [5.41, 5.74) is 1.90. The Bertz CT molecular complexity index is 638. The summed E-state index contributed by atoms with van der Waals surface area (Å²) in [6.45, 7) is 4.43. The fourth-order valence-corrected chi connectivity index (χ4v) is 2.53. The van der Waals surface area contributed by atoms with Gasteiger partial charge in [-0.1, -0.05) is 0 Å². The minimum absolute atomic E-state index is 0.0172. The molecule has 2 aromatic rings. The van der Waals surface area contributed by atoms with E-state index in [4.69, 9.17) is 16.3 Å². The van der Waals surface area contributed by atoms with E-state index in [2.05, 4.69) is 21.0 Å². The first-order chi connectivity index (χ1) is 9.97. The minimum Gasteiger partial charge on any atom is -0.481 e. The van der Waals surface area contributed by atoms with Gasteiger partial charge in [0.05, 0.1) is 15.9 Å². The largest absolute Gasteiger partial charge is 0.481 e. The Morgan fingerprint density at radius 3 is 2.48 bits per heavy atom. The summed E-state index contributed by atoms with van der Waals surface area (Å²) in [4.78, 5) is 0. The van der Waals surface area contributed by atoms with Gasteiger partial charge in [0.1, 0.15) is 6.61 Å². The first-order valence-corrected chi connectivity index (χ1v) is 7.69. The average Bonchev–Trinajstić information content (AvgIpc) is 2.73. The molecule has 0 bridgehead atoms. The zero-order chi connectivity index (χ0) is 15.6. The van der Waals surface area contributed by atoms with E-state index in [0.717, 1.165) is 15.9 Å². The molecule has 0 amide bonds. The Kier molecular flexibility index (Phi) is 5.22. The maximum atomic E-state index is 13.8. The highest BCUT2D eigenvalue weighted by molar-refractivity contribution is 9.10. The standard InChI is InChI=1S/C14H14BrClF2N2O/c1-3-20-12(13(15)8(2)19-20)7-21-14-10(17)4-9(6-16)5-11(14)18/h4-5H,3,6-7H2,1-2H3. The third-order valence-corrected chi connectivity index (χ3v) is 4.36. The van der Waals surface area contributed by atoms with E-state index >= 15 is 0 Å². The quantitative estimate of drug-likeness (QED) is 0.712. The van der Waals surface area contributed by atoms with Crippen molar-refractivity contribution in [1.82, 2.24) is 9.78 Å². The van der Waals surface area contributed by atoms with Crippen LogP contribution in [0.4, 0.5) is 8.78 Å². The molecule has 0 aliphatic carbocycles. The molecule has 3 nitrogen and oxygen atoms in total. The van der Waals surface area contributed by atoms with Gasteiger partial charge in [-0.25, -0.2) is 8.78 Å². The fourth-order valence-electron chi connectivity index (χ4n) is 1.97. The van der Waals surface area contributed by atoms with Gasteiger partial charge >= 0.3 is 0 Å². The summed E-state index contributed by atoms with van der Waals surface area (Å²) in [6.07, 6.45) is 0. The van der Waals surface area contributed by atoms with E-state index in [0.29, 0.717) is 12.1 Å². The molecule has 0 saturated carbocycles. The molecule has 114 valence electrons. The topological polar surface area (TPSA) is 27.1 Å². The number of hydrogen-bond donors (Lipinski definition) is 0. The summed E-state index contributed by atoms with van der Waals surface area (Å²) < 4.78 is 35.5. The van der Waals surface area contributed by atoms with Crippen molar-refractivity contribution < 1.29 is 13.5 Å². The van der Waals surface area contributed by atoms with Gasteiger partial charge in [0.25, 0.3) is 0 Å². The Hall–Kier alpha value is -1.14. The van der Waals surface area contributed by atoms with Crippen molar-refractivity contribution in [2.45, 2.75) is 32.9 Å². The highest BCUT2D eigenvalue weighted by Gasteiger charge is 2.16. The molecule has 0 radical (unpaired) electrons. The lowest BCUT2D eigenvalue weighted by atomic mass is 10.2. The van der Waals surface area contributed by atoms with Gasteiger partial charge in [-0.15, -0.1) is 11.6 Å². The molecular weight excluding hydrogens is 366 g/mol. The summed E-state index contributed by atoms with van der Waals surface area (Å²) in [7, 11) is 0. The Morgan fingerprint density at radius 1 is 1.33 bits per heavy atom. The summed E-state index contributed by atoms with van der Waals surface area (Å²) in [5.74, 6) is -1.89. The van der Waals surface area contributed by atoms with Crippen LogP contribution in [0, 0.1) is 18.6 Å². The zero-order valence-electron chi connectivity index (χ0n) is 11.6. The molecule has 0 saturated heterocycles. The van der Waals surface area contributed by atoms with Crippen LogP contribution in [-0.2, 0) is 19.0 Å². The predicted molar refractivity (Wildman–Crippen MR) is 80.6 cm³/mol. The molecule has 0 spiro atoms. The average molecular weight is 380 g/mol. The summed E-state index contributed by atoms with van der Waals surface area (Å²) >= 11 is 8.97. The maximum Gasteiger partial charge on any atom is 0.191 e. The van der Waals surface area contributed by atoms with Crippen molar-refractivity contribution >= 4 is 27.5 Å². The number of nitrogens with zero attached hydrogens (tertiary/aromatic N) is 2. The molecular formula is C14H14BrClF2N2O. The Morgan fingerprint density at radius 2 is 1.95 bits per heavy atom. The molecule has 1 aromatic heterocycles. The molecule has 0 unspecified atom stereocenters. The van der Waals surface area contributed by atoms with E-state index in [1.807, 2.05) is 13.8 Å². The number of halogens is 4. The zero-order valence-corrected chi connectivity index (χ0v) is 13.9. The number of ether oxygens (including phenoxy) is 1. The van der Waals surface area contributed by atoms with Gasteiger partial charge in [0.15, 0.2) is 17.4 Å². The van der Waals surface area contributed by atoms with Crippen LogP contribution in [0.1, 0.15) is 23.9 Å². The van der Waals surface area contributed by atoms with Gasteiger partial charge in [-0.05, 0) is 47.5 Å². The Labute approximate surface area is 135 Å². The highest BCUT2D eigenvalue weighted by Crippen LogP contribution is 2.27. The number of hydrogen-bond acceptors (Lipinski definition) is 2. The van der Waals surface area contributed by atoms with Crippen LogP contribution >= 0.6 is 27.5 Å². The van der Waals surface area contributed by atoms with Crippen molar-refractivity contribution in [2.24, 2.45) is 0 Å². The molecule has 2 rings (SSSR count). The molecule has 0 aliphatic rings. The first kappa shape index (κ1) is 16.2. The molecule has 0 fully saturated rings. The van der Waals surface area contributed by atoms with Crippen LogP contribution in [0.3, 0.4) is 0 Å². The van der Waals surface area contributed by atoms with Crippen molar-refractivity contribution in [2.75, 3.05) is 0 Å².